The molecule has 8 nitrogen and oxygen atoms in total. The molecule has 0 bridgehead atoms. The molecule has 0 spiro atoms. The van der Waals surface area contributed by atoms with Crippen molar-refractivity contribution in [1.29, 1.82) is 0 Å². The first-order chi connectivity index (χ1) is 12.4. The number of aromatic nitrogens is 1. The molecule has 1 aromatic carbocycles. The summed E-state index contributed by atoms with van der Waals surface area (Å²) in [5.41, 5.74) is -0.0325. The number of esters is 1. The summed E-state index contributed by atoms with van der Waals surface area (Å²) in [6, 6.07) is 3.71. The number of cyclic esters (lactones) is 1. The van der Waals surface area contributed by atoms with Crippen LogP contribution in [-0.2, 0) is 9.53 Å². The van der Waals surface area contributed by atoms with Gasteiger partial charge in [-0.05, 0) is 18.2 Å². The van der Waals surface area contributed by atoms with Gasteiger partial charge in [-0.25, -0.2) is 19.0 Å². The van der Waals surface area contributed by atoms with Gasteiger partial charge in [0.05, 0.1) is 24.3 Å². The van der Waals surface area contributed by atoms with Gasteiger partial charge >= 0.3 is 12.1 Å². The minimum absolute atomic E-state index is 0.113. The molecule has 1 aliphatic heterocycles. The predicted octanol–water partition coefficient (Wildman–Crippen LogP) is 1.96. The van der Waals surface area contributed by atoms with Crippen LogP contribution in [0.25, 0.3) is 0 Å². The third-order valence-corrected chi connectivity index (χ3v) is 4.17. The largest absolute Gasteiger partial charge is 0.442 e. The fourth-order valence-electron chi connectivity index (χ4n) is 2.33. The number of ether oxygens (including phenoxy) is 2. The number of nitrogens with zero attached hydrogens (tertiary/aromatic N) is 2. The molecule has 2 heterocycles. The second-order valence-corrected chi connectivity index (χ2v) is 6.26. The van der Waals surface area contributed by atoms with E-state index in [0.717, 1.165) is 17.4 Å². The molecular weight excluding hydrogens is 365 g/mol. The fraction of sp³-hybridized carbons (Fsp3) is 0.250. The van der Waals surface area contributed by atoms with Gasteiger partial charge in [-0.3, -0.25) is 9.69 Å². The molecule has 0 unspecified atom stereocenters. The van der Waals surface area contributed by atoms with Gasteiger partial charge in [0.15, 0.2) is 0 Å². The second-order valence-electron chi connectivity index (χ2n) is 5.41. The molecule has 3 rings (SSSR count). The molecule has 1 aromatic heterocycles. The Morgan fingerprint density at radius 3 is 2.96 bits per heavy atom. The summed E-state index contributed by atoms with van der Waals surface area (Å²) in [5.74, 6) is -1.95. The molecule has 2 aromatic rings. The number of amides is 2. The molecule has 10 heteroatoms. The van der Waals surface area contributed by atoms with Crippen molar-refractivity contribution in [2.45, 2.75) is 13.0 Å². The lowest BCUT2D eigenvalue weighted by Gasteiger charge is -2.14. The summed E-state index contributed by atoms with van der Waals surface area (Å²) in [4.78, 5) is 39.9. The van der Waals surface area contributed by atoms with Crippen molar-refractivity contribution in [3.8, 4) is 5.19 Å². The Kier molecular flexibility index (Phi) is 5.12. The van der Waals surface area contributed by atoms with E-state index in [4.69, 9.17) is 9.47 Å². The van der Waals surface area contributed by atoms with Crippen LogP contribution in [0.5, 0.6) is 5.19 Å². The number of carbonyl (C=O) groups excluding carboxylic acids is 3. The summed E-state index contributed by atoms with van der Waals surface area (Å²) < 4.78 is 24.4. The van der Waals surface area contributed by atoms with Crippen molar-refractivity contribution in [1.82, 2.24) is 10.3 Å². The first-order valence-electron chi connectivity index (χ1n) is 7.58. The second kappa shape index (κ2) is 7.48. The summed E-state index contributed by atoms with van der Waals surface area (Å²) >= 11 is 1.11. The van der Waals surface area contributed by atoms with E-state index in [1.54, 1.807) is 5.38 Å². The number of rotatable bonds is 5. The van der Waals surface area contributed by atoms with E-state index in [2.05, 4.69) is 10.3 Å². The number of anilines is 1. The third kappa shape index (κ3) is 3.97. The maximum Gasteiger partial charge on any atom is 0.414 e. The van der Waals surface area contributed by atoms with E-state index in [-0.39, 0.29) is 35.4 Å². The topological polar surface area (TPSA) is 97.8 Å². The highest BCUT2D eigenvalue weighted by Gasteiger charge is 2.33. The summed E-state index contributed by atoms with van der Waals surface area (Å²) in [7, 11) is 0. The highest BCUT2D eigenvalue weighted by atomic mass is 32.1. The van der Waals surface area contributed by atoms with Crippen LogP contribution in [0.2, 0.25) is 0 Å². The molecule has 1 fully saturated rings. The van der Waals surface area contributed by atoms with Gasteiger partial charge in [-0.2, -0.15) is 0 Å². The van der Waals surface area contributed by atoms with Crippen molar-refractivity contribution in [2.75, 3.05) is 18.0 Å². The third-order valence-electron chi connectivity index (χ3n) is 3.53. The van der Waals surface area contributed by atoms with Crippen LogP contribution in [-0.4, -0.2) is 42.1 Å². The van der Waals surface area contributed by atoms with E-state index in [1.807, 2.05) is 0 Å². The van der Waals surface area contributed by atoms with E-state index in [0.29, 0.717) is 0 Å². The number of nitrogens with one attached hydrogen (secondary N) is 1. The molecule has 1 aliphatic rings. The minimum Gasteiger partial charge on any atom is -0.442 e. The van der Waals surface area contributed by atoms with Gasteiger partial charge in [0, 0.05) is 18.5 Å². The lowest BCUT2D eigenvalue weighted by atomic mass is 10.2. The van der Waals surface area contributed by atoms with Crippen molar-refractivity contribution in [3.63, 3.8) is 0 Å². The van der Waals surface area contributed by atoms with Gasteiger partial charge in [0.1, 0.15) is 11.9 Å². The van der Waals surface area contributed by atoms with Crippen molar-refractivity contribution >= 4 is 35.0 Å². The predicted molar refractivity (Wildman–Crippen MR) is 89.8 cm³/mol. The average molecular weight is 379 g/mol. The number of carbonyl (C=O) groups is 3. The zero-order chi connectivity index (χ0) is 18.7. The molecule has 136 valence electrons. The molecular formula is C16H14FN3O5S. The summed E-state index contributed by atoms with van der Waals surface area (Å²) in [5, 5.41) is 4.29. The minimum atomic E-state index is -0.878. The quantitative estimate of drug-likeness (QED) is 0.798. The SMILES string of the molecule is CC(=O)NC[C@H]1CN(c2ccc(C(=O)Oc3nccs3)c(F)c2)C(=O)O1. The van der Waals surface area contributed by atoms with E-state index in [9.17, 15) is 18.8 Å². The zero-order valence-corrected chi connectivity index (χ0v) is 14.4. The lowest BCUT2D eigenvalue weighted by molar-refractivity contribution is -0.119. The Hall–Kier alpha value is -3.01. The molecule has 0 radical (unpaired) electrons. The molecule has 0 aliphatic carbocycles. The smallest absolute Gasteiger partial charge is 0.414 e. The average Bonchev–Trinajstić information content (AvgIpc) is 3.22. The highest BCUT2D eigenvalue weighted by Crippen LogP contribution is 2.25. The van der Waals surface area contributed by atoms with Gasteiger partial charge in [0.25, 0.3) is 5.19 Å². The summed E-state index contributed by atoms with van der Waals surface area (Å²) in [6.07, 6.45) is 0.269. The normalized spacial score (nSPS) is 16.3. The summed E-state index contributed by atoms with van der Waals surface area (Å²) in [6.45, 7) is 1.67. The van der Waals surface area contributed by atoms with E-state index in [1.165, 1.54) is 30.2 Å². The first-order valence-corrected chi connectivity index (χ1v) is 8.46. The van der Waals surface area contributed by atoms with E-state index < -0.39 is 24.0 Å². The van der Waals surface area contributed by atoms with Gasteiger partial charge in [-0.1, -0.05) is 11.3 Å². The number of hydrogen-bond acceptors (Lipinski definition) is 7. The van der Waals surface area contributed by atoms with Crippen LogP contribution in [0.4, 0.5) is 14.9 Å². The number of thiazole rings is 1. The van der Waals surface area contributed by atoms with E-state index >= 15 is 0 Å². The van der Waals surface area contributed by atoms with Crippen LogP contribution < -0.4 is 15.0 Å². The standard InChI is InChI=1S/C16H14FN3O5S/c1-9(21)19-7-11-8-20(16(23)24-11)10-2-3-12(13(17)6-10)14(22)25-15-18-4-5-26-15/h2-6,11H,7-8H2,1H3,(H,19,21)/t11-/m0/s1. The monoisotopic (exact) mass is 379 g/mol. The number of halogens is 1. The maximum atomic E-state index is 14.3. The first kappa shape index (κ1) is 17.8. The van der Waals surface area contributed by atoms with Crippen molar-refractivity contribution in [3.05, 3.63) is 41.2 Å². The number of benzene rings is 1. The Bertz CT molecular complexity index is 842. The number of hydrogen-bond donors (Lipinski definition) is 1. The zero-order valence-electron chi connectivity index (χ0n) is 13.6. The molecule has 0 saturated carbocycles. The van der Waals surface area contributed by atoms with Crippen molar-refractivity contribution in [2.24, 2.45) is 0 Å². The molecule has 1 atom stereocenters. The fourth-order valence-corrected chi connectivity index (χ4v) is 2.81. The molecule has 1 saturated heterocycles. The van der Waals surface area contributed by atoms with Gasteiger partial charge < -0.3 is 14.8 Å². The lowest BCUT2D eigenvalue weighted by Crippen LogP contribution is -2.33. The Morgan fingerprint density at radius 1 is 1.50 bits per heavy atom. The molecule has 1 N–H and O–H groups in total. The van der Waals surface area contributed by atoms with Crippen LogP contribution in [0, 0.1) is 5.82 Å². The molecule has 26 heavy (non-hydrogen) atoms. The van der Waals surface area contributed by atoms with Crippen LogP contribution in [0.3, 0.4) is 0 Å². The Labute approximate surface area is 151 Å². The highest BCUT2D eigenvalue weighted by molar-refractivity contribution is 7.11. The van der Waals surface area contributed by atoms with Gasteiger partial charge in [-0.15, -0.1) is 0 Å². The maximum absolute atomic E-state index is 14.3. The van der Waals surface area contributed by atoms with Crippen LogP contribution in [0.15, 0.2) is 29.8 Å². The van der Waals surface area contributed by atoms with Crippen LogP contribution >= 0.6 is 11.3 Å². The van der Waals surface area contributed by atoms with Crippen molar-refractivity contribution < 1.29 is 28.2 Å². The molecule has 2 amide bonds. The Morgan fingerprint density at radius 2 is 2.31 bits per heavy atom. The Balaban J connectivity index is 1.70. The van der Waals surface area contributed by atoms with Crippen LogP contribution in [0.1, 0.15) is 17.3 Å². The van der Waals surface area contributed by atoms with Gasteiger partial charge in [0.2, 0.25) is 5.91 Å².